The number of hydrogen-bond acceptors (Lipinski definition) is 4. The van der Waals surface area contributed by atoms with Crippen molar-refractivity contribution in [1.29, 1.82) is 5.26 Å². The van der Waals surface area contributed by atoms with Crippen LogP contribution in [0, 0.1) is 23.0 Å². The van der Waals surface area contributed by atoms with Crippen molar-refractivity contribution in [2.45, 2.75) is 6.61 Å². The van der Waals surface area contributed by atoms with Gasteiger partial charge in [-0.05, 0) is 17.7 Å². The first-order valence-corrected chi connectivity index (χ1v) is 5.99. The van der Waals surface area contributed by atoms with Crippen molar-refractivity contribution in [3.63, 3.8) is 0 Å². The average Bonchev–Trinajstić information content (AvgIpc) is 2.49. The summed E-state index contributed by atoms with van der Waals surface area (Å²) in [6.07, 6.45) is 0. The number of rotatable bonds is 4. The molecule has 0 radical (unpaired) electrons. The van der Waals surface area contributed by atoms with Crippen LogP contribution < -0.4 is 15.2 Å². The number of anilines is 1. The monoisotopic (exact) mass is 290 g/mol. The van der Waals surface area contributed by atoms with Gasteiger partial charge in [-0.25, -0.2) is 8.78 Å². The van der Waals surface area contributed by atoms with Gasteiger partial charge in [0.25, 0.3) is 0 Å². The third-order valence-corrected chi connectivity index (χ3v) is 2.83. The zero-order valence-corrected chi connectivity index (χ0v) is 11.2. The first kappa shape index (κ1) is 14.6. The molecule has 4 nitrogen and oxygen atoms in total. The van der Waals surface area contributed by atoms with Gasteiger partial charge >= 0.3 is 0 Å². The minimum atomic E-state index is -0.751. The predicted molar refractivity (Wildman–Crippen MR) is 72.8 cm³/mol. The van der Waals surface area contributed by atoms with Gasteiger partial charge in [-0.2, -0.15) is 5.26 Å². The maximum absolute atomic E-state index is 13.6. The minimum Gasteiger partial charge on any atom is -0.495 e. The highest BCUT2D eigenvalue weighted by atomic mass is 19.1. The van der Waals surface area contributed by atoms with E-state index in [2.05, 4.69) is 0 Å². The lowest BCUT2D eigenvalue weighted by Crippen LogP contribution is -2.01. The van der Waals surface area contributed by atoms with Crippen molar-refractivity contribution in [2.75, 3.05) is 12.8 Å². The summed E-state index contributed by atoms with van der Waals surface area (Å²) in [6.45, 7) is -0.0149. The summed E-state index contributed by atoms with van der Waals surface area (Å²) in [7, 11) is 1.46. The highest BCUT2D eigenvalue weighted by Crippen LogP contribution is 2.25. The first-order valence-electron chi connectivity index (χ1n) is 5.99. The molecule has 0 fully saturated rings. The number of benzene rings is 2. The molecule has 21 heavy (non-hydrogen) atoms. The van der Waals surface area contributed by atoms with E-state index < -0.39 is 11.6 Å². The third-order valence-electron chi connectivity index (χ3n) is 2.83. The second kappa shape index (κ2) is 6.09. The number of halogens is 2. The summed E-state index contributed by atoms with van der Waals surface area (Å²) in [5.41, 5.74) is 5.93. The second-order valence-electron chi connectivity index (χ2n) is 4.24. The average molecular weight is 290 g/mol. The minimum absolute atomic E-state index is 0.0149. The predicted octanol–water partition coefficient (Wildman–Crippen LogP) is 3.01. The Kier molecular flexibility index (Phi) is 4.24. The Morgan fingerprint density at radius 2 is 1.90 bits per heavy atom. The molecule has 0 aliphatic heterocycles. The molecule has 0 aliphatic rings. The van der Waals surface area contributed by atoms with E-state index in [1.54, 1.807) is 18.2 Å². The molecule has 0 bridgehead atoms. The summed E-state index contributed by atoms with van der Waals surface area (Å²) in [5.74, 6) is -1.30. The van der Waals surface area contributed by atoms with E-state index in [0.717, 1.165) is 12.1 Å². The fourth-order valence-corrected chi connectivity index (χ4v) is 1.75. The number of hydrogen-bond donors (Lipinski definition) is 1. The molecule has 2 aromatic carbocycles. The number of nitrogens with two attached hydrogens (primary N) is 1. The normalized spacial score (nSPS) is 10.0. The van der Waals surface area contributed by atoms with Crippen LogP contribution >= 0.6 is 0 Å². The van der Waals surface area contributed by atoms with Crippen LogP contribution in [0.25, 0.3) is 0 Å². The lowest BCUT2D eigenvalue weighted by atomic mass is 10.1. The fraction of sp³-hybridized carbons (Fsp3) is 0.133. The summed E-state index contributed by atoms with van der Waals surface area (Å²) in [4.78, 5) is 0. The molecule has 0 saturated heterocycles. The molecule has 6 heteroatoms. The largest absolute Gasteiger partial charge is 0.495 e. The van der Waals surface area contributed by atoms with E-state index in [0.29, 0.717) is 16.9 Å². The molecule has 0 atom stereocenters. The van der Waals surface area contributed by atoms with Crippen LogP contribution in [0.4, 0.5) is 14.5 Å². The topological polar surface area (TPSA) is 68.3 Å². The highest BCUT2D eigenvalue weighted by Gasteiger charge is 2.10. The van der Waals surface area contributed by atoms with Gasteiger partial charge in [0.05, 0.1) is 18.4 Å². The Morgan fingerprint density at radius 3 is 2.57 bits per heavy atom. The molecule has 2 N–H and O–H groups in total. The highest BCUT2D eigenvalue weighted by molar-refractivity contribution is 5.46. The maximum Gasteiger partial charge on any atom is 0.167 e. The standard InChI is InChI=1S/C15H12F2N2O2/c1-20-14-3-2-9(4-10(14)7-18)8-21-15-6-11(16)13(19)5-12(15)17/h2-6H,8,19H2,1H3. The van der Waals surface area contributed by atoms with Gasteiger partial charge in [-0.3, -0.25) is 0 Å². The van der Waals surface area contributed by atoms with Crippen LogP contribution in [0.15, 0.2) is 30.3 Å². The van der Waals surface area contributed by atoms with E-state index in [1.165, 1.54) is 7.11 Å². The quantitative estimate of drug-likeness (QED) is 0.879. The number of ether oxygens (including phenoxy) is 2. The molecule has 0 spiro atoms. The molecule has 0 heterocycles. The SMILES string of the molecule is COc1ccc(COc2cc(F)c(N)cc2F)cc1C#N. The van der Waals surface area contributed by atoms with E-state index >= 15 is 0 Å². The van der Waals surface area contributed by atoms with Crippen molar-refractivity contribution in [1.82, 2.24) is 0 Å². The van der Waals surface area contributed by atoms with Crippen LogP contribution in [-0.4, -0.2) is 7.11 Å². The van der Waals surface area contributed by atoms with Gasteiger partial charge < -0.3 is 15.2 Å². The van der Waals surface area contributed by atoms with Crippen LogP contribution in [0.5, 0.6) is 11.5 Å². The van der Waals surface area contributed by atoms with Gasteiger partial charge in [0.2, 0.25) is 0 Å². The molecule has 2 rings (SSSR count). The van der Waals surface area contributed by atoms with E-state index in [1.807, 2.05) is 6.07 Å². The Labute approximate surface area is 120 Å². The van der Waals surface area contributed by atoms with Gasteiger partial charge in [-0.15, -0.1) is 0 Å². The van der Waals surface area contributed by atoms with Crippen molar-refractivity contribution < 1.29 is 18.3 Å². The Bertz CT molecular complexity index is 712. The van der Waals surface area contributed by atoms with Crippen molar-refractivity contribution in [3.05, 3.63) is 53.1 Å². The van der Waals surface area contributed by atoms with Crippen molar-refractivity contribution in [2.24, 2.45) is 0 Å². The maximum atomic E-state index is 13.6. The summed E-state index contributed by atoms with van der Waals surface area (Å²) < 4.78 is 37.1. The molecule has 2 aromatic rings. The van der Waals surface area contributed by atoms with E-state index in [-0.39, 0.29) is 18.0 Å². The smallest absolute Gasteiger partial charge is 0.167 e. The number of methoxy groups -OCH3 is 1. The fourth-order valence-electron chi connectivity index (χ4n) is 1.75. The number of nitrogens with zero attached hydrogens (tertiary/aromatic N) is 1. The van der Waals surface area contributed by atoms with Crippen LogP contribution in [0.3, 0.4) is 0 Å². The number of nitriles is 1. The lowest BCUT2D eigenvalue weighted by Gasteiger charge is -2.10. The van der Waals surface area contributed by atoms with E-state index in [9.17, 15) is 8.78 Å². The molecule has 0 saturated carbocycles. The van der Waals surface area contributed by atoms with Gasteiger partial charge in [0.15, 0.2) is 11.6 Å². The zero-order chi connectivity index (χ0) is 15.4. The molecule has 0 unspecified atom stereocenters. The lowest BCUT2D eigenvalue weighted by molar-refractivity contribution is 0.288. The van der Waals surface area contributed by atoms with Gasteiger partial charge in [-0.1, -0.05) is 6.07 Å². The van der Waals surface area contributed by atoms with Gasteiger partial charge in [0, 0.05) is 12.1 Å². The second-order valence-corrected chi connectivity index (χ2v) is 4.24. The summed E-state index contributed by atoms with van der Waals surface area (Å²) in [5, 5.41) is 8.98. The van der Waals surface area contributed by atoms with Crippen LogP contribution in [-0.2, 0) is 6.61 Å². The summed E-state index contributed by atoms with van der Waals surface area (Å²) >= 11 is 0. The van der Waals surface area contributed by atoms with Crippen molar-refractivity contribution in [3.8, 4) is 17.6 Å². The summed E-state index contributed by atoms with van der Waals surface area (Å²) in [6, 6.07) is 8.57. The Balaban J connectivity index is 2.17. The molecule has 0 aliphatic carbocycles. The third kappa shape index (κ3) is 3.20. The molecule has 0 aromatic heterocycles. The molecule has 0 amide bonds. The Morgan fingerprint density at radius 1 is 1.14 bits per heavy atom. The van der Waals surface area contributed by atoms with Crippen LogP contribution in [0.2, 0.25) is 0 Å². The van der Waals surface area contributed by atoms with E-state index in [4.69, 9.17) is 20.5 Å². The molecular weight excluding hydrogens is 278 g/mol. The Hall–Kier alpha value is -2.81. The van der Waals surface area contributed by atoms with Crippen molar-refractivity contribution >= 4 is 5.69 Å². The molecular formula is C15H12F2N2O2. The first-order chi connectivity index (χ1) is 10.0. The van der Waals surface area contributed by atoms with Gasteiger partial charge in [0.1, 0.15) is 24.2 Å². The zero-order valence-electron chi connectivity index (χ0n) is 11.2. The molecule has 108 valence electrons. The number of nitrogen functional groups attached to an aromatic ring is 1. The van der Waals surface area contributed by atoms with Crippen LogP contribution in [0.1, 0.15) is 11.1 Å².